The topological polar surface area (TPSA) is 22.1 Å². The Kier molecular flexibility index (Phi) is 2.79. The molecule has 0 atom stereocenters. The van der Waals surface area contributed by atoms with Gasteiger partial charge in [-0.2, -0.15) is 0 Å². The highest BCUT2D eigenvalue weighted by molar-refractivity contribution is 5.88. The number of hydrogen-bond donors (Lipinski definition) is 0. The van der Waals surface area contributed by atoms with Crippen LogP contribution in [0, 0.1) is 0 Å². The molecular formula is C19H13NO. The van der Waals surface area contributed by atoms with Crippen molar-refractivity contribution >= 4 is 21.7 Å². The molecule has 1 heterocycles. The van der Waals surface area contributed by atoms with Crippen molar-refractivity contribution in [2.75, 3.05) is 0 Å². The van der Waals surface area contributed by atoms with E-state index in [9.17, 15) is 0 Å². The average molecular weight is 271 g/mol. The summed E-state index contributed by atoms with van der Waals surface area (Å²) in [6.07, 6.45) is 0. The number of benzene rings is 3. The molecule has 0 bridgehead atoms. The second-order valence-electron chi connectivity index (χ2n) is 4.92. The highest BCUT2D eigenvalue weighted by Gasteiger charge is 2.04. The minimum atomic E-state index is 0.616. The zero-order valence-corrected chi connectivity index (χ0v) is 11.4. The number of hydrogen-bond acceptors (Lipinski definition) is 2. The van der Waals surface area contributed by atoms with Crippen LogP contribution in [0.25, 0.3) is 21.7 Å². The maximum absolute atomic E-state index is 5.99. The van der Waals surface area contributed by atoms with Crippen molar-refractivity contribution in [3.63, 3.8) is 0 Å². The molecule has 0 aliphatic heterocycles. The molecule has 0 spiro atoms. The van der Waals surface area contributed by atoms with Crippen molar-refractivity contribution in [2.24, 2.45) is 0 Å². The Morgan fingerprint density at radius 1 is 0.619 bits per heavy atom. The molecule has 4 aromatic rings. The first-order valence-electron chi connectivity index (χ1n) is 6.91. The number of pyridine rings is 1. The highest BCUT2D eigenvalue weighted by Crippen LogP contribution is 2.29. The van der Waals surface area contributed by atoms with Gasteiger partial charge in [-0.25, -0.2) is 4.98 Å². The summed E-state index contributed by atoms with van der Waals surface area (Å²) in [4.78, 5) is 4.56. The standard InChI is InChI=1S/C19H13NO/c1-3-9-16-14(6-1)8-5-11-18(16)21-19-13-12-15-7-2-4-10-17(15)20-19/h1-13H. The number of para-hydroxylation sites is 1. The molecule has 0 radical (unpaired) electrons. The van der Waals surface area contributed by atoms with Crippen LogP contribution in [0.1, 0.15) is 0 Å². The molecule has 1 aromatic heterocycles. The quantitative estimate of drug-likeness (QED) is 0.501. The Labute approximate surface area is 122 Å². The van der Waals surface area contributed by atoms with Gasteiger partial charge in [0.15, 0.2) is 0 Å². The fourth-order valence-corrected chi connectivity index (χ4v) is 2.50. The Bertz CT molecular complexity index is 925. The molecule has 4 rings (SSSR count). The average Bonchev–Trinajstić information content (AvgIpc) is 2.55. The van der Waals surface area contributed by atoms with Gasteiger partial charge in [0.05, 0.1) is 5.52 Å². The largest absolute Gasteiger partial charge is 0.438 e. The van der Waals surface area contributed by atoms with E-state index in [2.05, 4.69) is 23.2 Å². The molecule has 0 saturated carbocycles. The van der Waals surface area contributed by atoms with E-state index >= 15 is 0 Å². The summed E-state index contributed by atoms with van der Waals surface area (Å²) in [6, 6.07) is 26.2. The third-order valence-corrected chi connectivity index (χ3v) is 3.54. The smallest absolute Gasteiger partial charge is 0.219 e. The SMILES string of the molecule is c1ccc2nc(Oc3cccc4ccccc34)ccc2c1. The molecule has 0 unspecified atom stereocenters. The highest BCUT2D eigenvalue weighted by atomic mass is 16.5. The minimum absolute atomic E-state index is 0.616. The summed E-state index contributed by atoms with van der Waals surface area (Å²) < 4.78 is 5.99. The van der Waals surface area contributed by atoms with E-state index in [0.29, 0.717) is 5.88 Å². The van der Waals surface area contributed by atoms with E-state index < -0.39 is 0 Å². The second-order valence-corrected chi connectivity index (χ2v) is 4.92. The predicted octanol–water partition coefficient (Wildman–Crippen LogP) is 5.18. The molecule has 2 nitrogen and oxygen atoms in total. The number of fused-ring (bicyclic) bond motifs is 2. The van der Waals surface area contributed by atoms with Gasteiger partial charge in [-0.3, -0.25) is 0 Å². The first kappa shape index (κ1) is 11.9. The molecule has 0 amide bonds. The van der Waals surface area contributed by atoms with Crippen LogP contribution in [0.15, 0.2) is 78.9 Å². The zero-order chi connectivity index (χ0) is 14.1. The first-order valence-corrected chi connectivity index (χ1v) is 6.91. The summed E-state index contributed by atoms with van der Waals surface area (Å²) in [7, 11) is 0. The molecule has 100 valence electrons. The molecule has 0 saturated heterocycles. The Morgan fingerprint density at radius 3 is 2.33 bits per heavy atom. The van der Waals surface area contributed by atoms with Gasteiger partial charge in [-0.05, 0) is 23.6 Å². The Balaban J connectivity index is 1.79. The first-order chi connectivity index (χ1) is 10.4. The summed E-state index contributed by atoms with van der Waals surface area (Å²) >= 11 is 0. The normalized spacial score (nSPS) is 10.9. The number of ether oxygens (including phenoxy) is 1. The predicted molar refractivity (Wildman–Crippen MR) is 85.8 cm³/mol. The lowest BCUT2D eigenvalue weighted by molar-refractivity contribution is 0.470. The van der Waals surface area contributed by atoms with Crippen molar-refractivity contribution in [3.8, 4) is 11.6 Å². The second kappa shape index (κ2) is 4.91. The van der Waals surface area contributed by atoms with Crippen molar-refractivity contribution in [1.82, 2.24) is 4.98 Å². The van der Waals surface area contributed by atoms with Crippen LogP contribution < -0.4 is 4.74 Å². The van der Waals surface area contributed by atoms with Crippen LogP contribution in [0.2, 0.25) is 0 Å². The van der Waals surface area contributed by atoms with E-state index in [-0.39, 0.29) is 0 Å². The van der Waals surface area contributed by atoms with Gasteiger partial charge in [0.25, 0.3) is 0 Å². The minimum Gasteiger partial charge on any atom is -0.438 e. The fraction of sp³-hybridized carbons (Fsp3) is 0. The van der Waals surface area contributed by atoms with Crippen LogP contribution in [0.3, 0.4) is 0 Å². The summed E-state index contributed by atoms with van der Waals surface area (Å²) in [5.74, 6) is 1.45. The van der Waals surface area contributed by atoms with E-state index in [1.807, 2.05) is 60.7 Å². The van der Waals surface area contributed by atoms with Gasteiger partial charge in [-0.15, -0.1) is 0 Å². The molecule has 0 fully saturated rings. The van der Waals surface area contributed by atoms with Crippen LogP contribution >= 0.6 is 0 Å². The van der Waals surface area contributed by atoms with Crippen molar-refractivity contribution in [1.29, 1.82) is 0 Å². The van der Waals surface area contributed by atoms with Crippen LogP contribution in [-0.4, -0.2) is 4.98 Å². The van der Waals surface area contributed by atoms with E-state index in [1.165, 1.54) is 0 Å². The lowest BCUT2D eigenvalue weighted by Gasteiger charge is -2.08. The Hall–Kier alpha value is -2.87. The molecule has 0 N–H and O–H groups in total. The van der Waals surface area contributed by atoms with Gasteiger partial charge >= 0.3 is 0 Å². The van der Waals surface area contributed by atoms with Gasteiger partial charge in [0, 0.05) is 16.8 Å². The van der Waals surface area contributed by atoms with Gasteiger partial charge in [-0.1, -0.05) is 54.6 Å². The van der Waals surface area contributed by atoms with Gasteiger partial charge < -0.3 is 4.74 Å². The molecule has 3 aromatic carbocycles. The summed E-state index contributed by atoms with van der Waals surface area (Å²) in [6.45, 7) is 0. The van der Waals surface area contributed by atoms with Gasteiger partial charge in [0.2, 0.25) is 5.88 Å². The van der Waals surface area contributed by atoms with Crippen LogP contribution in [-0.2, 0) is 0 Å². The van der Waals surface area contributed by atoms with Gasteiger partial charge in [0.1, 0.15) is 5.75 Å². The molecule has 0 aliphatic carbocycles. The third-order valence-electron chi connectivity index (χ3n) is 3.54. The maximum Gasteiger partial charge on any atom is 0.219 e. The summed E-state index contributed by atoms with van der Waals surface area (Å²) in [5.41, 5.74) is 0.940. The maximum atomic E-state index is 5.99. The van der Waals surface area contributed by atoms with Crippen molar-refractivity contribution in [3.05, 3.63) is 78.9 Å². The molecule has 21 heavy (non-hydrogen) atoms. The molecule has 0 aliphatic rings. The lowest BCUT2D eigenvalue weighted by atomic mass is 10.1. The van der Waals surface area contributed by atoms with Crippen LogP contribution in [0.5, 0.6) is 11.6 Å². The number of aromatic nitrogens is 1. The van der Waals surface area contributed by atoms with Crippen LogP contribution in [0.4, 0.5) is 0 Å². The number of rotatable bonds is 2. The lowest BCUT2D eigenvalue weighted by Crippen LogP contribution is -1.89. The number of nitrogens with zero attached hydrogens (tertiary/aromatic N) is 1. The Morgan fingerprint density at radius 2 is 1.38 bits per heavy atom. The van der Waals surface area contributed by atoms with E-state index in [1.54, 1.807) is 0 Å². The van der Waals surface area contributed by atoms with Crippen molar-refractivity contribution in [2.45, 2.75) is 0 Å². The van der Waals surface area contributed by atoms with E-state index in [4.69, 9.17) is 4.74 Å². The molecular weight excluding hydrogens is 258 g/mol. The van der Waals surface area contributed by atoms with E-state index in [0.717, 1.165) is 27.4 Å². The summed E-state index contributed by atoms with van der Waals surface area (Å²) in [5, 5.41) is 3.37. The molecule has 2 heteroatoms. The monoisotopic (exact) mass is 271 g/mol. The fourth-order valence-electron chi connectivity index (χ4n) is 2.50. The zero-order valence-electron chi connectivity index (χ0n) is 11.4. The van der Waals surface area contributed by atoms with Crippen molar-refractivity contribution < 1.29 is 4.74 Å². The third kappa shape index (κ3) is 2.21.